The number of ether oxygens (including phenoxy) is 2. The molecule has 2 aromatic heterocycles. The highest BCUT2D eigenvalue weighted by Gasteiger charge is 2.34. The van der Waals surface area contributed by atoms with Crippen LogP contribution in [-0.4, -0.2) is 60.1 Å². The van der Waals surface area contributed by atoms with Crippen molar-refractivity contribution in [3.8, 4) is 22.6 Å². The number of anilines is 1. The normalized spacial score (nSPS) is 15.3. The van der Waals surface area contributed by atoms with Gasteiger partial charge in [0.25, 0.3) is 5.91 Å². The number of aromatic nitrogens is 3. The number of hydrogen-bond acceptors (Lipinski definition) is 7. The summed E-state index contributed by atoms with van der Waals surface area (Å²) in [6, 6.07) is 7.49. The van der Waals surface area contributed by atoms with E-state index in [9.17, 15) is 4.79 Å². The zero-order valence-corrected chi connectivity index (χ0v) is 20.4. The van der Waals surface area contributed by atoms with Crippen molar-refractivity contribution in [3.05, 3.63) is 59.7 Å². The molecule has 1 aliphatic rings. The number of carbonyl (C=O) groups excluding carboxylic acids is 1. The zero-order chi connectivity index (χ0) is 24.2. The highest BCUT2D eigenvalue weighted by molar-refractivity contribution is 5.79. The van der Waals surface area contributed by atoms with Crippen LogP contribution in [-0.2, 0) is 4.79 Å². The van der Waals surface area contributed by atoms with E-state index in [1.165, 1.54) is 0 Å². The van der Waals surface area contributed by atoms with Crippen molar-refractivity contribution in [3.63, 3.8) is 0 Å². The molecular formula is C26H31N5O3. The summed E-state index contributed by atoms with van der Waals surface area (Å²) in [4.78, 5) is 30.7. The Bertz CT molecular complexity index is 1180. The first kappa shape index (κ1) is 23.5. The Hall–Kier alpha value is -3.68. The highest BCUT2D eigenvalue weighted by atomic mass is 16.5. The van der Waals surface area contributed by atoms with Crippen LogP contribution in [0.1, 0.15) is 35.7 Å². The second-order valence-corrected chi connectivity index (χ2v) is 8.74. The summed E-state index contributed by atoms with van der Waals surface area (Å²) in [5.41, 5.74) is 4.91. The largest absolute Gasteiger partial charge is 0.493 e. The molecule has 1 saturated heterocycles. The van der Waals surface area contributed by atoms with Crippen molar-refractivity contribution in [2.24, 2.45) is 0 Å². The number of pyridine rings is 1. The second kappa shape index (κ2) is 10.1. The monoisotopic (exact) mass is 461 g/mol. The summed E-state index contributed by atoms with van der Waals surface area (Å²) in [5, 5.41) is 0. The van der Waals surface area contributed by atoms with E-state index in [0.717, 1.165) is 40.8 Å². The highest BCUT2D eigenvalue weighted by Crippen LogP contribution is 2.38. The molecule has 0 spiro atoms. The van der Waals surface area contributed by atoms with Crippen molar-refractivity contribution in [1.29, 1.82) is 0 Å². The number of aryl methyl sites for hydroxylation is 2. The van der Waals surface area contributed by atoms with Gasteiger partial charge >= 0.3 is 0 Å². The Labute approximate surface area is 200 Å². The number of methoxy groups -OCH3 is 1. The second-order valence-electron chi connectivity index (χ2n) is 8.74. The topological polar surface area (TPSA) is 80.7 Å². The quantitative estimate of drug-likeness (QED) is 0.527. The van der Waals surface area contributed by atoms with Gasteiger partial charge in [-0.15, -0.1) is 0 Å². The van der Waals surface area contributed by atoms with E-state index in [1.807, 2.05) is 74.4 Å². The summed E-state index contributed by atoms with van der Waals surface area (Å²) in [6.07, 6.45) is 7.20. The lowest BCUT2D eigenvalue weighted by atomic mass is 9.98. The molecule has 0 aliphatic carbocycles. The van der Waals surface area contributed by atoms with Gasteiger partial charge in [-0.2, -0.15) is 0 Å². The summed E-state index contributed by atoms with van der Waals surface area (Å²) in [5.74, 6) is 1.72. The van der Waals surface area contributed by atoms with E-state index in [0.29, 0.717) is 24.0 Å². The Morgan fingerprint density at radius 1 is 1.15 bits per heavy atom. The lowest BCUT2D eigenvalue weighted by molar-refractivity contribution is -0.134. The summed E-state index contributed by atoms with van der Waals surface area (Å²) < 4.78 is 11.3. The first-order valence-corrected chi connectivity index (χ1v) is 11.4. The van der Waals surface area contributed by atoms with Gasteiger partial charge in [-0.3, -0.25) is 9.78 Å². The SMILES string of the molecule is COc1cc(C)ccc1OCC(=O)N1CCC[C@@H]1c1nc(N(C)C)ncc1-c1ccncc1C. The third kappa shape index (κ3) is 4.81. The molecule has 0 saturated carbocycles. The van der Waals surface area contributed by atoms with E-state index in [-0.39, 0.29) is 18.6 Å². The molecule has 4 rings (SSSR count). The molecule has 1 amide bonds. The maximum Gasteiger partial charge on any atom is 0.261 e. The Morgan fingerprint density at radius 2 is 1.97 bits per heavy atom. The maximum atomic E-state index is 13.3. The van der Waals surface area contributed by atoms with Crippen LogP contribution >= 0.6 is 0 Å². The molecule has 0 N–H and O–H groups in total. The molecule has 1 aliphatic heterocycles. The number of amides is 1. The number of nitrogens with zero attached hydrogens (tertiary/aromatic N) is 5. The van der Waals surface area contributed by atoms with Crippen LogP contribution in [0.3, 0.4) is 0 Å². The molecule has 1 fully saturated rings. The van der Waals surface area contributed by atoms with E-state index in [2.05, 4.69) is 9.97 Å². The molecule has 8 heteroatoms. The number of rotatable bonds is 7. The minimum atomic E-state index is -0.153. The fourth-order valence-electron chi connectivity index (χ4n) is 4.30. The number of benzene rings is 1. The van der Waals surface area contributed by atoms with Crippen LogP contribution in [0.25, 0.3) is 11.1 Å². The first-order chi connectivity index (χ1) is 16.4. The zero-order valence-electron chi connectivity index (χ0n) is 20.4. The number of hydrogen-bond donors (Lipinski definition) is 0. The van der Waals surface area contributed by atoms with Crippen LogP contribution in [0.5, 0.6) is 11.5 Å². The average Bonchev–Trinajstić information content (AvgIpc) is 3.33. The van der Waals surface area contributed by atoms with Crippen molar-refractivity contribution in [2.45, 2.75) is 32.7 Å². The van der Waals surface area contributed by atoms with E-state index < -0.39 is 0 Å². The molecule has 0 bridgehead atoms. The smallest absolute Gasteiger partial charge is 0.261 e. The van der Waals surface area contributed by atoms with Crippen molar-refractivity contribution < 1.29 is 14.3 Å². The van der Waals surface area contributed by atoms with Gasteiger partial charge in [0, 0.05) is 44.8 Å². The van der Waals surface area contributed by atoms with Gasteiger partial charge in [0.15, 0.2) is 18.1 Å². The third-order valence-electron chi connectivity index (χ3n) is 6.08. The molecule has 0 radical (unpaired) electrons. The average molecular weight is 462 g/mol. The molecule has 1 atom stereocenters. The van der Waals surface area contributed by atoms with Crippen LogP contribution in [0, 0.1) is 13.8 Å². The lowest BCUT2D eigenvalue weighted by Crippen LogP contribution is -2.35. The molecule has 34 heavy (non-hydrogen) atoms. The molecule has 178 valence electrons. The van der Waals surface area contributed by atoms with Crippen LogP contribution in [0.2, 0.25) is 0 Å². The Balaban J connectivity index is 1.63. The van der Waals surface area contributed by atoms with E-state index in [1.54, 1.807) is 13.3 Å². The van der Waals surface area contributed by atoms with E-state index in [4.69, 9.17) is 14.5 Å². The van der Waals surface area contributed by atoms with Crippen molar-refractivity contribution >= 4 is 11.9 Å². The van der Waals surface area contributed by atoms with Gasteiger partial charge in [-0.25, -0.2) is 9.97 Å². The standard InChI is InChI=1S/C26H31N5O3/c1-17-8-9-22(23(13-17)33-5)34-16-24(32)31-12-6-7-21(31)25-20(15-28-26(29-25)30(3)4)19-10-11-27-14-18(19)2/h8-11,13-15,21H,6-7,12,16H2,1-5H3/t21-/m1/s1. The molecule has 3 heterocycles. The van der Waals surface area contributed by atoms with Gasteiger partial charge in [0.05, 0.1) is 18.8 Å². The third-order valence-corrected chi connectivity index (χ3v) is 6.08. The summed E-state index contributed by atoms with van der Waals surface area (Å²) in [7, 11) is 5.42. The fraction of sp³-hybridized carbons (Fsp3) is 0.385. The van der Waals surface area contributed by atoms with Gasteiger partial charge < -0.3 is 19.3 Å². The summed E-state index contributed by atoms with van der Waals surface area (Å²) >= 11 is 0. The van der Waals surface area contributed by atoms with Crippen LogP contribution in [0.15, 0.2) is 42.9 Å². The van der Waals surface area contributed by atoms with Crippen molar-refractivity contribution in [1.82, 2.24) is 19.9 Å². The van der Waals surface area contributed by atoms with Gasteiger partial charge in [0.1, 0.15) is 0 Å². The summed E-state index contributed by atoms with van der Waals surface area (Å²) in [6.45, 7) is 4.60. The molecule has 8 nitrogen and oxygen atoms in total. The van der Waals surface area contributed by atoms with Crippen LogP contribution in [0.4, 0.5) is 5.95 Å². The Morgan fingerprint density at radius 3 is 2.71 bits per heavy atom. The predicted molar refractivity (Wildman–Crippen MR) is 131 cm³/mol. The van der Waals surface area contributed by atoms with Gasteiger partial charge in [0.2, 0.25) is 5.95 Å². The number of carbonyl (C=O) groups is 1. The van der Waals surface area contributed by atoms with E-state index >= 15 is 0 Å². The number of likely N-dealkylation sites (tertiary alicyclic amines) is 1. The molecule has 3 aromatic rings. The molecular weight excluding hydrogens is 430 g/mol. The van der Waals surface area contributed by atoms with Gasteiger partial charge in [-0.05, 0) is 61.6 Å². The minimum absolute atomic E-state index is 0.0643. The molecule has 1 aromatic carbocycles. The van der Waals surface area contributed by atoms with Gasteiger partial charge in [-0.1, -0.05) is 6.07 Å². The first-order valence-electron chi connectivity index (χ1n) is 11.4. The Kier molecular flexibility index (Phi) is 6.95. The van der Waals surface area contributed by atoms with Crippen molar-refractivity contribution in [2.75, 3.05) is 39.3 Å². The predicted octanol–water partition coefficient (Wildman–Crippen LogP) is 3.97. The molecule has 0 unspecified atom stereocenters. The maximum absolute atomic E-state index is 13.3. The van der Waals surface area contributed by atoms with Crippen LogP contribution < -0.4 is 14.4 Å². The lowest BCUT2D eigenvalue weighted by Gasteiger charge is -2.27. The fourth-order valence-corrected chi connectivity index (χ4v) is 4.30. The minimum Gasteiger partial charge on any atom is -0.493 e.